The average molecular weight is 522 g/mol. The van der Waals surface area contributed by atoms with Crippen LogP contribution in [0.5, 0.6) is 0 Å². The number of rotatable bonds is 9. The van der Waals surface area contributed by atoms with Crippen molar-refractivity contribution < 1.29 is 29.1 Å². The van der Waals surface area contributed by atoms with Gasteiger partial charge in [-0.25, -0.2) is 4.79 Å². The molecular weight excluding hydrogens is 478 g/mol. The van der Waals surface area contributed by atoms with Gasteiger partial charge in [-0.05, 0) is 56.8 Å². The second kappa shape index (κ2) is 12.2. The van der Waals surface area contributed by atoms with Gasteiger partial charge >= 0.3 is 5.97 Å². The summed E-state index contributed by atoms with van der Waals surface area (Å²) in [6.45, 7) is 8.82. The topological polar surface area (TPSA) is 153 Å². The van der Waals surface area contributed by atoms with E-state index in [0.717, 1.165) is 0 Å². The third-order valence-corrected chi connectivity index (χ3v) is 7.75. The molecule has 11 heteroatoms. The molecular formula is C26H43N5O6. The smallest absolute Gasteiger partial charge is 0.326 e. The monoisotopic (exact) mass is 521 g/mol. The molecule has 0 radical (unpaired) electrons. The fourth-order valence-electron chi connectivity index (χ4n) is 5.83. The van der Waals surface area contributed by atoms with Gasteiger partial charge in [0.1, 0.15) is 24.2 Å². The Morgan fingerprint density at radius 3 is 1.86 bits per heavy atom. The van der Waals surface area contributed by atoms with Crippen molar-refractivity contribution in [3.05, 3.63) is 0 Å². The van der Waals surface area contributed by atoms with Gasteiger partial charge in [-0.15, -0.1) is 0 Å². The SMILES string of the molecule is CC(C)C[C@H](N)C(=O)N1CCC[C@H]1C(=O)N[C@H](C(=O)N1CCC[C@H]1C(=O)N1CCC[C@H]1C(=O)O)C(C)C. The minimum atomic E-state index is -1.03. The molecule has 3 aliphatic rings. The van der Waals surface area contributed by atoms with E-state index in [1.54, 1.807) is 0 Å². The van der Waals surface area contributed by atoms with Gasteiger partial charge < -0.3 is 30.9 Å². The van der Waals surface area contributed by atoms with Crippen LogP contribution in [0.3, 0.4) is 0 Å². The summed E-state index contributed by atoms with van der Waals surface area (Å²) in [7, 11) is 0. The average Bonchev–Trinajstić information content (AvgIpc) is 3.60. The maximum Gasteiger partial charge on any atom is 0.326 e. The molecule has 4 amide bonds. The molecule has 11 nitrogen and oxygen atoms in total. The predicted molar refractivity (Wildman–Crippen MR) is 136 cm³/mol. The number of carbonyl (C=O) groups excluding carboxylic acids is 4. The van der Waals surface area contributed by atoms with E-state index in [0.29, 0.717) is 64.6 Å². The number of carboxylic acid groups (broad SMARTS) is 1. The summed E-state index contributed by atoms with van der Waals surface area (Å²) in [5.41, 5.74) is 6.11. The molecule has 3 aliphatic heterocycles. The van der Waals surface area contributed by atoms with Crippen LogP contribution < -0.4 is 11.1 Å². The Kier molecular flexibility index (Phi) is 9.55. The van der Waals surface area contributed by atoms with Gasteiger partial charge in [-0.1, -0.05) is 27.7 Å². The van der Waals surface area contributed by atoms with Crippen LogP contribution >= 0.6 is 0 Å². The maximum atomic E-state index is 13.7. The Morgan fingerprint density at radius 2 is 1.32 bits per heavy atom. The van der Waals surface area contributed by atoms with Crippen LogP contribution in [0, 0.1) is 11.8 Å². The number of nitrogens with one attached hydrogen (secondary N) is 1. The van der Waals surface area contributed by atoms with E-state index in [9.17, 15) is 29.1 Å². The number of likely N-dealkylation sites (tertiary alicyclic amines) is 3. The number of nitrogens with two attached hydrogens (primary N) is 1. The number of hydrogen-bond acceptors (Lipinski definition) is 6. The first-order valence-electron chi connectivity index (χ1n) is 13.6. The minimum absolute atomic E-state index is 0.248. The summed E-state index contributed by atoms with van der Waals surface area (Å²) in [5, 5.41) is 12.4. The number of carboxylic acids is 1. The highest BCUT2D eigenvalue weighted by Crippen LogP contribution is 2.27. The van der Waals surface area contributed by atoms with Crippen molar-refractivity contribution in [1.29, 1.82) is 0 Å². The lowest BCUT2D eigenvalue weighted by molar-refractivity contribution is -0.152. The third kappa shape index (κ3) is 6.42. The molecule has 0 aromatic rings. The number of aliphatic carboxylic acids is 1. The third-order valence-electron chi connectivity index (χ3n) is 7.75. The van der Waals surface area contributed by atoms with Crippen LogP contribution in [0.15, 0.2) is 0 Å². The number of nitrogens with zero attached hydrogens (tertiary/aromatic N) is 3. The van der Waals surface area contributed by atoms with Crippen LogP contribution in [0.4, 0.5) is 0 Å². The van der Waals surface area contributed by atoms with E-state index in [2.05, 4.69) is 5.32 Å². The van der Waals surface area contributed by atoms with Gasteiger partial charge in [0.15, 0.2) is 0 Å². The molecule has 0 spiro atoms. The summed E-state index contributed by atoms with van der Waals surface area (Å²) >= 11 is 0. The molecule has 5 atom stereocenters. The normalized spacial score (nSPS) is 25.6. The zero-order valence-corrected chi connectivity index (χ0v) is 22.5. The molecule has 0 unspecified atom stereocenters. The second-order valence-electron chi connectivity index (χ2n) is 11.4. The Morgan fingerprint density at radius 1 is 0.811 bits per heavy atom. The zero-order chi connectivity index (χ0) is 27.4. The predicted octanol–water partition coefficient (Wildman–Crippen LogP) is 0.558. The molecule has 3 saturated heterocycles. The van der Waals surface area contributed by atoms with Gasteiger partial charge in [-0.3, -0.25) is 19.2 Å². The fraction of sp³-hybridized carbons (Fsp3) is 0.808. The Bertz CT molecular complexity index is 893. The van der Waals surface area contributed by atoms with Gasteiger partial charge in [0.2, 0.25) is 23.6 Å². The summed E-state index contributed by atoms with van der Waals surface area (Å²) in [6.07, 6.45) is 3.83. The summed E-state index contributed by atoms with van der Waals surface area (Å²) in [6, 6.07) is -3.82. The Labute approximate surface area is 219 Å². The van der Waals surface area contributed by atoms with E-state index in [-0.39, 0.29) is 35.5 Å². The summed E-state index contributed by atoms with van der Waals surface area (Å²) in [4.78, 5) is 69.2. The zero-order valence-electron chi connectivity index (χ0n) is 22.5. The second-order valence-corrected chi connectivity index (χ2v) is 11.4. The van der Waals surface area contributed by atoms with Crippen molar-refractivity contribution >= 4 is 29.6 Å². The maximum absolute atomic E-state index is 13.7. The molecule has 3 fully saturated rings. The van der Waals surface area contributed by atoms with Gasteiger partial charge in [-0.2, -0.15) is 0 Å². The summed E-state index contributed by atoms with van der Waals surface area (Å²) in [5.74, 6) is -2.35. The van der Waals surface area contributed by atoms with Gasteiger partial charge in [0.25, 0.3) is 0 Å². The molecule has 0 aromatic carbocycles. The van der Waals surface area contributed by atoms with Crippen LogP contribution in [0.1, 0.15) is 72.6 Å². The number of amides is 4. The lowest BCUT2D eigenvalue weighted by Crippen LogP contribution is -2.59. The molecule has 3 heterocycles. The summed E-state index contributed by atoms with van der Waals surface area (Å²) < 4.78 is 0. The standard InChI is InChI=1S/C26H43N5O6/c1-15(2)14-17(27)23(33)29-11-5-8-18(29)22(32)28-21(16(3)4)25(35)30-12-6-9-19(30)24(34)31-13-7-10-20(31)26(36)37/h15-21H,5-14,27H2,1-4H3,(H,28,32)(H,36,37)/t17-,18-,19-,20-,21-/m0/s1. The van der Waals surface area contributed by atoms with Crippen LogP contribution in [0.25, 0.3) is 0 Å². The van der Waals surface area contributed by atoms with Crippen LogP contribution in [-0.2, 0) is 24.0 Å². The van der Waals surface area contributed by atoms with Gasteiger partial charge in [0.05, 0.1) is 6.04 Å². The first-order valence-corrected chi connectivity index (χ1v) is 13.6. The van der Waals surface area contributed by atoms with Crippen molar-refractivity contribution in [2.75, 3.05) is 19.6 Å². The first kappa shape index (κ1) is 28.9. The fourth-order valence-corrected chi connectivity index (χ4v) is 5.83. The molecule has 4 N–H and O–H groups in total. The molecule has 0 saturated carbocycles. The molecule has 3 rings (SSSR count). The Hall–Kier alpha value is -2.69. The van der Waals surface area contributed by atoms with Crippen molar-refractivity contribution in [3.8, 4) is 0 Å². The van der Waals surface area contributed by atoms with Crippen molar-refractivity contribution in [3.63, 3.8) is 0 Å². The molecule has 0 aromatic heterocycles. The van der Waals surface area contributed by atoms with E-state index >= 15 is 0 Å². The van der Waals surface area contributed by atoms with Crippen LogP contribution in [-0.4, -0.2) is 99.2 Å². The lowest BCUT2D eigenvalue weighted by Gasteiger charge is -2.34. The van der Waals surface area contributed by atoms with E-state index in [1.165, 1.54) is 14.7 Å². The first-order chi connectivity index (χ1) is 17.4. The largest absolute Gasteiger partial charge is 0.480 e. The number of hydrogen-bond donors (Lipinski definition) is 3. The molecule has 37 heavy (non-hydrogen) atoms. The van der Waals surface area contributed by atoms with Crippen molar-refractivity contribution in [1.82, 2.24) is 20.0 Å². The van der Waals surface area contributed by atoms with Gasteiger partial charge in [0, 0.05) is 19.6 Å². The molecule has 208 valence electrons. The van der Waals surface area contributed by atoms with E-state index in [1.807, 2.05) is 27.7 Å². The van der Waals surface area contributed by atoms with Crippen molar-refractivity contribution in [2.24, 2.45) is 17.6 Å². The molecule has 0 aliphatic carbocycles. The highest BCUT2D eigenvalue weighted by molar-refractivity contribution is 5.96. The van der Waals surface area contributed by atoms with E-state index in [4.69, 9.17) is 5.73 Å². The van der Waals surface area contributed by atoms with E-state index < -0.39 is 36.2 Å². The van der Waals surface area contributed by atoms with Crippen molar-refractivity contribution in [2.45, 2.75) is 103 Å². The minimum Gasteiger partial charge on any atom is -0.480 e. The highest BCUT2D eigenvalue weighted by atomic mass is 16.4. The molecule has 0 bridgehead atoms. The lowest BCUT2D eigenvalue weighted by atomic mass is 10.0. The highest BCUT2D eigenvalue weighted by Gasteiger charge is 2.45. The van der Waals surface area contributed by atoms with Crippen LogP contribution in [0.2, 0.25) is 0 Å². The number of carbonyl (C=O) groups is 5. The Balaban J connectivity index is 1.70. The quantitative estimate of drug-likeness (QED) is 0.401.